The van der Waals surface area contributed by atoms with Crippen molar-refractivity contribution in [3.63, 3.8) is 0 Å². The summed E-state index contributed by atoms with van der Waals surface area (Å²) in [6, 6.07) is 28.4. The second-order valence-electron chi connectivity index (χ2n) is 10.2. The fourth-order valence-electron chi connectivity index (χ4n) is 5.43. The predicted octanol–water partition coefficient (Wildman–Crippen LogP) is 4.59. The van der Waals surface area contributed by atoms with Crippen molar-refractivity contribution in [2.24, 2.45) is 0 Å². The highest BCUT2D eigenvalue weighted by Crippen LogP contribution is 2.44. The fourth-order valence-corrected chi connectivity index (χ4v) is 5.43. The molecule has 7 heteroatoms. The summed E-state index contributed by atoms with van der Waals surface area (Å²) < 4.78 is 14.8. The first-order valence-electron chi connectivity index (χ1n) is 13.3. The molecule has 39 heavy (non-hydrogen) atoms. The Balaban J connectivity index is 1.59. The number of aryl methyl sites for hydroxylation is 2. The number of rotatable bonds is 8. The number of nitrogens with zero attached hydrogens (tertiary/aromatic N) is 1. The summed E-state index contributed by atoms with van der Waals surface area (Å²) in [5, 5.41) is 11.2. The van der Waals surface area contributed by atoms with Crippen LogP contribution in [0.3, 0.4) is 0 Å². The van der Waals surface area contributed by atoms with E-state index in [-0.39, 0.29) is 6.42 Å². The molecule has 3 aromatic carbocycles. The van der Waals surface area contributed by atoms with Gasteiger partial charge >= 0.3 is 5.69 Å². The van der Waals surface area contributed by atoms with Crippen molar-refractivity contribution in [1.82, 2.24) is 9.55 Å². The Kier molecular flexibility index (Phi) is 7.66. The zero-order valence-electron chi connectivity index (χ0n) is 22.4. The lowest BCUT2D eigenvalue weighted by Crippen LogP contribution is -2.44. The SMILES string of the molecule is CCC(OC(c1ccccc1)(c1ccccc1)c1ccc(C)cc1)[C@H]1O[C@@H](n2cc(C)c(=O)[nH]c2=O)C[C@@H]1O. The number of benzene rings is 3. The van der Waals surface area contributed by atoms with Gasteiger partial charge in [0.25, 0.3) is 5.56 Å². The number of nitrogens with one attached hydrogen (secondary N) is 1. The van der Waals surface area contributed by atoms with Crippen LogP contribution in [0, 0.1) is 13.8 Å². The molecule has 1 fully saturated rings. The van der Waals surface area contributed by atoms with Crippen molar-refractivity contribution >= 4 is 0 Å². The minimum Gasteiger partial charge on any atom is -0.390 e. The standard InChI is InChI=1S/C32H34N2O5/c1-4-27(29-26(35)19-28(38-29)34-20-22(3)30(36)33-31(34)37)39-32(23-11-7-5-8-12-23,24-13-9-6-10-14-24)25-17-15-21(2)16-18-25/h5-18,20,26-29,35H,4,19H2,1-3H3,(H,33,36,37)/t26-,27?,28+,29-/m0/s1. The zero-order chi connectivity index (χ0) is 27.6. The maximum Gasteiger partial charge on any atom is 0.330 e. The number of hydrogen-bond donors (Lipinski definition) is 2. The molecule has 4 aromatic rings. The van der Waals surface area contributed by atoms with Crippen LogP contribution in [0.25, 0.3) is 0 Å². The lowest BCUT2D eigenvalue weighted by Gasteiger charge is -2.40. The monoisotopic (exact) mass is 526 g/mol. The molecule has 1 aromatic heterocycles. The molecule has 1 aliphatic rings. The molecule has 1 aliphatic heterocycles. The van der Waals surface area contributed by atoms with Gasteiger partial charge in [0.2, 0.25) is 0 Å². The van der Waals surface area contributed by atoms with E-state index in [2.05, 4.69) is 60.4 Å². The minimum atomic E-state index is -0.983. The Morgan fingerprint density at radius 2 is 1.51 bits per heavy atom. The average molecular weight is 527 g/mol. The first-order chi connectivity index (χ1) is 18.8. The van der Waals surface area contributed by atoms with E-state index < -0.39 is 41.4 Å². The molecule has 0 radical (unpaired) electrons. The Labute approximate surface area is 227 Å². The number of aromatic nitrogens is 2. The number of hydrogen-bond acceptors (Lipinski definition) is 5. The van der Waals surface area contributed by atoms with Crippen LogP contribution >= 0.6 is 0 Å². The molecule has 2 N–H and O–H groups in total. The molecule has 0 bridgehead atoms. The third-order valence-electron chi connectivity index (χ3n) is 7.51. The van der Waals surface area contributed by atoms with Crippen LogP contribution in [-0.2, 0) is 15.1 Å². The lowest BCUT2D eigenvalue weighted by molar-refractivity contribution is -0.145. The highest BCUT2D eigenvalue weighted by molar-refractivity contribution is 5.48. The number of H-pyrrole nitrogens is 1. The summed E-state index contributed by atoms with van der Waals surface area (Å²) in [6.45, 7) is 5.68. The number of ether oxygens (including phenoxy) is 2. The zero-order valence-corrected chi connectivity index (χ0v) is 22.4. The average Bonchev–Trinajstić information content (AvgIpc) is 3.34. The molecule has 0 saturated carbocycles. The Hall–Kier alpha value is -3.78. The van der Waals surface area contributed by atoms with Crippen LogP contribution in [-0.4, -0.2) is 33.0 Å². The first-order valence-corrected chi connectivity index (χ1v) is 13.3. The number of aromatic amines is 1. The van der Waals surface area contributed by atoms with Gasteiger partial charge in [-0.05, 0) is 37.0 Å². The molecule has 2 heterocycles. The third-order valence-corrected chi connectivity index (χ3v) is 7.51. The van der Waals surface area contributed by atoms with Gasteiger partial charge in [-0.2, -0.15) is 0 Å². The van der Waals surface area contributed by atoms with Crippen LogP contribution in [0.1, 0.15) is 53.8 Å². The van der Waals surface area contributed by atoms with Gasteiger partial charge in [-0.3, -0.25) is 14.3 Å². The Morgan fingerprint density at radius 1 is 0.949 bits per heavy atom. The molecular formula is C32H34N2O5. The van der Waals surface area contributed by atoms with Crippen molar-refractivity contribution in [2.45, 2.75) is 63.8 Å². The normalized spacial score (nSPS) is 20.2. The predicted molar refractivity (Wildman–Crippen MR) is 150 cm³/mol. The Bertz CT molecular complexity index is 1470. The molecule has 0 aliphatic carbocycles. The van der Waals surface area contributed by atoms with Crippen LogP contribution < -0.4 is 11.2 Å². The molecule has 4 atom stereocenters. The van der Waals surface area contributed by atoms with Gasteiger partial charge in [0.1, 0.15) is 17.9 Å². The maximum absolute atomic E-state index is 12.6. The topological polar surface area (TPSA) is 93.5 Å². The highest BCUT2D eigenvalue weighted by atomic mass is 16.6. The third kappa shape index (κ3) is 5.13. The highest BCUT2D eigenvalue weighted by Gasteiger charge is 2.46. The second-order valence-corrected chi connectivity index (χ2v) is 10.2. The molecule has 1 saturated heterocycles. The number of aliphatic hydroxyl groups is 1. The van der Waals surface area contributed by atoms with Gasteiger partial charge in [-0.1, -0.05) is 97.4 Å². The quantitative estimate of drug-likeness (QED) is 0.328. The van der Waals surface area contributed by atoms with Crippen LogP contribution in [0.5, 0.6) is 0 Å². The van der Waals surface area contributed by atoms with Gasteiger partial charge < -0.3 is 14.6 Å². The van der Waals surface area contributed by atoms with Crippen LogP contribution in [0.2, 0.25) is 0 Å². The van der Waals surface area contributed by atoms with Crippen molar-refractivity contribution in [2.75, 3.05) is 0 Å². The van der Waals surface area contributed by atoms with E-state index in [1.165, 1.54) is 10.8 Å². The molecule has 202 valence electrons. The summed E-state index contributed by atoms with van der Waals surface area (Å²) in [7, 11) is 0. The van der Waals surface area contributed by atoms with E-state index in [1.54, 1.807) is 6.92 Å². The lowest BCUT2D eigenvalue weighted by atomic mass is 9.79. The van der Waals surface area contributed by atoms with E-state index in [1.807, 2.05) is 43.3 Å². The van der Waals surface area contributed by atoms with Gasteiger partial charge in [-0.15, -0.1) is 0 Å². The molecule has 0 spiro atoms. The molecule has 5 rings (SSSR count). The van der Waals surface area contributed by atoms with Gasteiger partial charge in [0, 0.05) is 18.2 Å². The van der Waals surface area contributed by atoms with Gasteiger partial charge in [-0.25, -0.2) is 4.79 Å². The van der Waals surface area contributed by atoms with Crippen molar-refractivity contribution < 1.29 is 14.6 Å². The van der Waals surface area contributed by atoms with E-state index in [0.29, 0.717) is 12.0 Å². The molecule has 7 nitrogen and oxygen atoms in total. The second kappa shape index (κ2) is 11.1. The van der Waals surface area contributed by atoms with E-state index in [4.69, 9.17) is 9.47 Å². The van der Waals surface area contributed by atoms with E-state index in [0.717, 1.165) is 22.3 Å². The van der Waals surface area contributed by atoms with E-state index in [9.17, 15) is 14.7 Å². The summed E-state index contributed by atoms with van der Waals surface area (Å²) in [6.07, 6.45) is -0.587. The summed E-state index contributed by atoms with van der Waals surface area (Å²) in [5.41, 5.74) is 2.41. The fraction of sp³-hybridized carbons (Fsp3) is 0.312. The maximum atomic E-state index is 12.6. The summed E-state index contributed by atoms with van der Waals surface area (Å²) >= 11 is 0. The molecule has 1 unspecified atom stereocenters. The smallest absolute Gasteiger partial charge is 0.330 e. The van der Waals surface area contributed by atoms with Crippen molar-refractivity contribution in [1.29, 1.82) is 0 Å². The molecular weight excluding hydrogens is 492 g/mol. The van der Waals surface area contributed by atoms with Crippen molar-refractivity contribution in [3.8, 4) is 0 Å². The molecule has 0 amide bonds. The Morgan fingerprint density at radius 3 is 2.08 bits per heavy atom. The number of aliphatic hydroxyl groups excluding tert-OH is 1. The minimum absolute atomic E-state index is 0.199. The summed E-state index contributed by atoms with van der Waals surface area (Å²) in [4.78, 5) is 26.8. The van der Waals surface area contributed by atoms with Crippen molar-refractivity contribution in [3.05, 3.63) is 140 Å². The van der Waals surface area contributed by atoms with Crippen LogP contribution in [0.4, 0.5) is 0 Å². The largest absolute Gasteiger partial charge is 0.390 e. The van der Waals surface area contributed by atoms with E-state index >= 15 is 0 Å². The van der Waals surface area contributed by atoms with Gasteiger partial charge in [0.05, 0.1) is 12.2 Å². The van der Waals surface area contributed by atoms with Crippen LogP contribution in [0.15, 0.2) is 101 Å². The summed E-state index contributed by atoms with van der Waals surface area (Å²) in [5.74, 6) is 0. The van der Waals surface area contributed by atoms with Gasteiger partial charge in [0.15, 0.2) is 0 Å². The first kappa shape index (κ1) is 26.8.